The van der Waals surface area contributed by atoms with Crippen LogP contribution in [0.5, 0.6) is 0 Å². The Bertz CT molecular complexity index is 445. The molecule has 4 nitrogen and oxygen atoms in total. The van der Waals surface area contributed by atoms with Crippen LogP contribution in [0, 0.1) is 0 Å². The minimum atomic E-state index is -0.610. The SMILES string of the molecule is CC[C@@](C)(N)[C@@H]1OC(C)(C)O[C@H]1COCc1ccccc1. The number of benzene rings is 1. The summed E-state index contributed by atoms with van der Waals surface area (Å²) in [4.78, 5) is 0. The third-order valence-corrected chi connectivity index (χ3v) is 3.99. The highest BCUT2D eigenvalue weighted by Crippen LogP contribution is 2.34. The molecule has 0 aliphatic carbocycles. The Morgan fingerprint density at radius 2 is 1.90 bits per heavy atom. The van der Waals surface area contributed by atoms with Crippen molar-refractivity contribution in [3.63, 3.8) is 0 Å². The van der Waals surface area contributed by atoms with E-state index in [1.54, 1.807) is 0 Å². The van der Waals surface area contributed by atoms with E-state index in [0.29, 0.717) is 13.2 Å². The van der Waals surface area contributed by atoms with Gasteiger partial charge in [0.1, 0.15) is 12.2 Å². The molecule has 0 bridgehead atoms. The Morgan fingerprint density at radius 1 is 1.24 bits per heavy atom. The third kappa shape index (κ3) is 4.27. The van der Waals surface area contributed by atoms with Crippen molar-refractivity contribution in [1.82, 2.24) is 0 Å². The van der Waals surface area contributed by atoms with Gasteiger partial charge in [0.15, 0.2) is 5.79 Å². The molecule has 0 amide bonds. The predicted molar refractivity (Wildman–Crippen MR) is 82.8 cm³/mol. The van der Waals surface area contributed by atoms with Gasteiger partial charge in [-0.15, -0.1) is 0 Å². The van der Waals surface area contributed by atoms with Gasteiger partial charge in [-0.1, -0.05) is 37.3 Å². The van der Waals surface area contributed by atoms with Gasteiger partial charge < -0.3 is 19.9 Å². The number of rotatable bonds is 6. The molecule has 1 heterocycles. The molecule has 21 heavy (non-hydrogen) atoms. The molecular weight excluding hydrogens is 266 g/mol. The van der Waals surface area contributed by atoms with Gasteiger partial charge in [-0.05, 0) is 32.8 Å². The highest BCUT2D eigenvalue weighted by molar-refractivity contribution is 5.13. The number of hydrogen-bond acceptors (Lipinski definition) is 4. The molecule has 3 atom stereocenters. The van der Waals surface area contributed by atoms with E-state index in [2.05, 4.69) is 6.92 Å². The summed E-state index contributed by atoms with van der Waals surface area (Å²) < 4.78 is 17.8. The quantitative estimate of drug-likeness (QED) is 0.876. The molecule has 0 aromatic heterocycles. The minimum Gasteiger partial charge on any atom is -0.374 e. The summed E-state index contributed by atoms with van der Waals surface area (Å²) in [6.45, 7) is 8.96. The Balaban J connectivity index is 1.93. The molecule has 1 aliphatic heterocycles. The fourth-order valence-electron chi connectivity index (χ4n) is 2.58. The van der Waals surface area contributed by atoms with Crippen LogP contribution >= 0.6 is 0 Å². The average molecular weight is 293 g/mol. The maximum Gasteiger partial charge on any atom is 0.163 e. The van der Waals surface area contributed by atoms with Crippen molar-refractivity contribution in [3.8, 4) is 0 Å². The Labute approximate surface area is 127 Å². The Hall–Kier alpha value is -0.940. The molecule has 1 aliphatic rings. The second-order valence-electron chi connectivity index (χ2n) is 6.45. The molecular formula is C17H27NO3. The monoisotopic (exact) mass is 293 g/mol. The van der Waals surface area contributed by atoms with Crippen LogP contribution < -0.4 is 5.73 Å². The smallest absolute Gasteiger partial charge is 0.163 e. The van der Waals surface area contributed by atoms with E-state index in [4.69, 9.17) is 19.9 Å². The topological polar surface area (TPSA) is 53.7 Å². The maximum atomic E-state index is 6.36. The van der Waals surface area contributed by atoms with Gasteiger partial charge in [-0.3, -0.25) is 0 Å². The lowest BCUT2D eigenvalue weighted by Crippen LogP contribution is -2.53. The number of ether oxygens (including phenoxy) is 3. The third-order valence-electron chi connectivity index (χ3n) is 3.99. The Kier molecular flexibility index (Phi) is 5.04. The van der Waals surface area contributed by atoms with Crippen LogP contribution in [-0.2, 0) is 20.8 Å². The normalized spacial score (nSPS) is 27.5. The highest BCUT2D eigenvalue weighted by atomic mass is 16.8. The second-order valence-corrected chi connectivity index (χ2v) is 6.45. The van der Waals surface area contributed by atoms with Crippen LogP contribution in [0.2, 0.25) is 0 Å². The first-order valence-corrected chi connectivity index (χ1v) is 7.60. The summed E-state index contributed by atoms with van der Waals surface area (Å²) in [6, 6.07) is 10.1. The van der Waals surface area contributed by atoms with E-state index in [1.807, 2.05) is 51.1 Å². The standard InChI is InChI=1S/C17H27NO3/c1-5-17(4,18)15-14(20-16(2,3)21-15)12-19-11-13-9-7-6-8-10-13/h6-10,14-15H,5,11-12,18H2,1-4H3/t14-,15+,17+/m0/s1. The van der Waals surface area contributed by atoms with E-state index in [9.17, 15) is 0 Å². The first kappa shape index (κ1) is 16.4. The van der Waals surface area contributed by atoms with Gasteiger partial charge >= 0.3 is 0 Å². The molecule has 1 aromatic carbocycles. The fraction of sp³-hybridized carbons (Fsp3) is 0.647. The molecule has 2 N–H and O–H groups in total. The van der Waals surface area contributed by atoms with E-state index in [1.165, 1.54) is 0 Å². The lowest BCUT2D eigenvalue weighted by molar-refractivity contribution is -0.155. The largest absolute Gasteiger partial charge is 0.374 e. The Morgan fingerprint density at radius 3 is 2.52 bits per heavy atom. The maximum absolute atomic E-state index is 6.36. The van der Waals surface area contributed by atoms with Gasteiger partial charge in [0.2, 0.25) is 0 Å². The predicted octanol–water partition coefficient (Wildman–Crippen LogP) is 2.85. The van der Waals surface area contributed by atoms with E-state index < -0.39 is 11.3 Å². The van der Waals surface area contributed by atoms with Crippen molar-refractivity contribution in [3.05, 3.63) is 35.9 Å². The molecule has 118 valence electrons. The van der Waals surface area contributed by atoms with E-state index >= 15 is 0 Å². The van der Waals surface area contributed by atoms with Crippen LogP contribution in [0.1, 0.15) is 39.7 Å². The van der Waals surface area contributed by atoms with Gasteiger partial charge in [0, 0.05) is 5.54 Å². The van der Waals surface area contributed by atoms with Crippen molar-refractivity contribution in [2.24, 2.45) is 5.73 Å². The molecule has 0 unspecified atom stereocenters. The van der Waals surface area contributed by atoms with E-state index in [-0.39, 0.29) is 12.2 Å². The first-order valence-electron chi connectivity index (χ1n) is 7.60. The molecule has 1 saturated heterocycles. The van der Waals surface area contributed by atoms with Crippen molar-refractivity contribution >= 4 is 0 Å². The molecule has 1 fully saturated rings. The van der Waals surface area contributed by atoms with Crippen molar-refractivity contribution < 1.29 is 14.2 Å². The van der Waals surface area contributed by atoms with Crippen molar-refractivity contribution in [2.75, 3.05) is 6.61 Å². The lowest BCUT2D eigenvalue weighted by Gasteiger charge is -2.32. The van der Waals surface area contributed by atoms with Gasteiger partial charge in [-0.25, -0.2) is 0 Å². The number of hydrogen-bond donors (Lipinski definition) is 1. The van der Waals surface area contributed by atoms with Crippen LogP contribution in [0.15, 0.2) is 30.3 Å². The minimum absolute atomic E-state index is 0.140. The fourth-order valence-corrected chi connectivity index (χ4v) is 2.58. The molecule has 1 aromatic rings. The second kappa shape index (κ2) is 6.44. The van der Waals surface area contributed by atoms with Gasteiger partial charge in [0.05, 0.1) is 13.2 Å². The van der Waals surface area contributed by atoms with E-state index in [0.717, 1.165) is 12.0 Å². The van der Waals surface area contributed by atoms with Crippen LogP contribution in [-0.4, -0.2) is 30.1 Å². The zero-order chi connectivity index (χ0) is 15.5. The molecule has 4 heteroatoms. The van der Waals surface area contributed by atoms with Crippen molar-refractivity contribution in [1.29, 1.82) is 0 Å². The zero-order valence-electron chi connectivity index (χ0n) is 13.5. The summed E-state index contributed by atoms with van der Waals surface area (Å²) in [7, 11) is 0. The average Bonchev–Trinajstić information content (AvgIpc) is 2.76. The summed E-state index contributed by atoms with van der Waals surface area (Å²) in [6.07, 6.45) is 0.527. The summed E-state index contributed by atoms with van der Waals surface area (Å²) in [5, 5.41) is 0. The highest BCUT2D eigenvalue weighted by Gasteiger charge is 2.48. The summed E-state index contributed by atoms with van der Waals surface area (Å²) in [5.74, 6) is -0.610. The number of nitrogens with two attached hydrogens (primary N) is 1. The molecule has 0 spiro atoms. The molecule has 2 rings (SSSR count). The zero-order valence-corrected chi connectivity index (χ0v) is 13.5. The van der Waals surface area contributed by atoms with Crippen LogP contribution in [0.4, 0.5) is 0 Å². The van der Waals surface area contributed by atoms with Crippen molar-refractivity contribution in [2.45, 2.75) is 64.3 Å². The first-order chi connectivity index (χ1) is 9.84. The molecule has 0 saturated carbocycles. The lowest BCUT2D eigenvalue weighted by atomic mass is 9.89. The van der Waals surface area contributed by atoms with Crippen LogP contribution in [0.3, 0.4) is 0 Å². The summed E-state index contributed by atoms with van der Waals surface area (Å²) >= 11 is 0. The van der Waals surface area contributed by atoms with Crippen LogP contribution in [0.25, 0.3) is 0 Å². The van der Waals surface area contributed by atoms with Gasteiger partial charge in [0.25, 0.3) is 0 Å². The van der Waals surface area contributed by atoms with Gasteiger partial charge in [-0.2, -0.15) is 0 Å². The molecule has 0 radical (unpaired) electrons. The summed E-state index contributed by atoms with van der Waals surface area (Å²) in [5.41, 5.74) is 7.08.